The molecule has 0 saturated carbocycles. The van der Waals surface area contributed by atoms with Crippen molar-refractivity contribution in [1.29, 1.82) is 0 Å². The maximum absolute atomic E-state index is 12.0. The van der Waals surface area contributed by atoms with Gasteiger partial charge >= 0.3 is 12.0 Å². The smallest absolute Gasteiger partial charge is 0.371 e. The summed E-state index contributed by atoms with van der Waals surface area (Å²) in [7, 11) is 0. The van der Waals surface area contributed by atoms with Gasteiger partial charge in [0.05, 0.1) is 6.54 Å². The van der Waals surface area contributed by atoms with Crippen LogP contribution in [-0.4, -0.2) is 33.5 Å². The number of benzene rings is 1. The van der Waals surface area contributed by atoms with Crippen molar-refractivity contribution in [3.8, 4) is 0 Å². The van der Waals surface area contributed by atoms with E-state index in [-0.39, 0.29) is 17.9 Å². The molecule has 3 N–H and O–H groups in total. The van der Waals surface area contributed by atoms with Crippen LogP contribution in [0.1, 0.15) is 21.9 Å². The molecule has 1 fully saturated rings. The largest absolute Gasteiger partial charge is 0.475 e. The number of carboxylic acid groups (broad SMARTS) is 1. The number of hydrogen-bond acceptors (Lipinski definition) is 5. The number of furan rings is 1. The molecule has 28 heavy (non-hydrogen) atoms. The number of fused-ring (bicyclic) bond motifs is 1. The number of carboxylic acids is 1. The van der Waals surface area contributed by atoms with E-state index >= 15 is 0 Å². The second kappa shape index (κ2) is 6.54. The molecule has 1 aliphatic rings. The van der Waals surface area contributed by atoms with Crippen LogP contribution < -0.4 is 10.6 Å². The molecule has 0 radical (unpaired) electrons. The predicted octanol–water partition coefficient (Wildman–Crippen LogP) is 1.73. The maximum Gasteiger partial charge on any atom is 0.371 e. The number of aromatic nitrogens is 1. The Bertz CT molecular complexity index is 1160. The Balaban J connectivity index is 1.75. The fourth-order valence-corrected chi connectivity index (χ4v) is 3.03. The van der Waals surface area contributed by atoms with E-state index in [2.05, 4.69) is 0 Å². The van der Waals surface area contributed by atoms with Crippen LogP contribution in [0.5, 0.6) is 0 Å². The number of nitrogens with zero attached hydrogens (tertiary/aromatic N) is 1. The molecule has 1 saturated heterocycles. The van der Waals surface area contributed by atoms with Crippen molar-refractivity contribution in [3.63, 3.8) is 0 Å². The summed E-state index contributed by atoms with van der Waals surface area (Å²) in [5.41, 5.74) is 1.21. The summed E-state index contributed by atoms with van der Waals surface area (Å²) in [5.74, 6) is -2.42. The number of carbonyl (C=O) groups is 4. The van der Waals surface area contributed by atoms with Gasteiger partial charge in [-0.2, -0.15) is 0 Å². The topological polar surface area (TPSA) is 131 Å². The van der Waals surface area contributed by atoms with E-state index < -0.39 is 23.8 Å². The lowest BCUT2D eigenvalue weighted by Crippen LogP contribution is -2.51. The molecular formula is C19H13N3O6. The quantitative estimate of drug-likeness (QED) is 0.467. The van der Waals surface area contributed by atoms with Gasteiger partial charge in [-0.3, -0.25) is 20.2 Å². The predicted molar refractivity (Wildman–Crippen MR) is 96.4 cm³/mol. The zero-order chi connectivity index (χ0) is 19.8. The molecule has 4 rings (SSSR count). The average molecular weight is 379 g/mol. The minimum atomic E-state index is -1.15. The monoisotopic (exact) mass is 379 g/mol. The van der Waals surface area contributed by atoms with Gasteiger partial charge in [-0.25, -0.2) is 9.59 Å². The minimum absolute atomic E-state index is 0.158. The third-order valence-electron chi connectivity index (χ3n) is 4.26. The molecule has 1 aliphatic heterocycles. The van der Waals surface area contributed by atoms with E-state index in [1.807, 2.05) is 39.5 Å². The van der Waals surface area contributed by atoms with Crippen molar-refractivity contribution in [3.05, 3.63) is 65.3 Å². The van der Waals surface area contributed by atoms with Crippen LogP contribution in [0.4, 0.5) is 4.79 Å². The lowest BCUT2D eigenvalue weighted by molar-refractivity contribution is -0.123. The van der Waals surface area contributed by atoms with Gasteiger partial charge in [0.2, 0.25) is 5.76 Å². The Labute approximate surface area is 157 Å². The van der Waals surface area contributed by atoms with Crippen molar-refractivity contribution in [2.24, 2.45) is 0 Å². The van der Waals surface area contributed by atoms with E-state index in [1.54, 1.807) is 12.3 Å². The first-order chi connectivity index (χ1) is 13.4. The zero-order valence-corrected chi connectivity index (χ0v) is 14.3. The van der Waals surface area contributed by atoms with Crippen LogP contribution in [0.15, 0.2) is 52.6 Å². The Morgan fingerprint density at radius 1 is 1.07 bits per heavy atom. The van der Waals surface area contributed by atoms with E-state index in [0.29, 0.717) is 11.3 Å². The molecule has 140 valence electrons. The summed E-state index contributed by atoms with van der Waals surface area (Å²) in [6, 6.07) is 9.41. The summed E-state index contributed by atoms with van der Waals surface area (Å²) < 4.78 is 7.12. The fourth-order valence-electron chi connectivity index (χ4n) is 3.03. The summed E-state index contributed by atoms with van der Waals surface area (Å²) in [5, 5.41) is 13.8. The van der Waals surface area contributed by atoms with Gasteiger partial charge < -0.3 is 14.1 Å². The van der Waals surface area contributed by atoms with Gasteiger partial charge in [-0.05, 0) is 24.3 Å². The van der Waals surface area contributed by atoms with Gasteiger partial charge in [-0.1, -0.05) is 18.2 Å². The fraction of sp³-hybridized carbons (Fsp3) is 0.0526. The number of amides is 4. The third kappa shape index (κ3) is 3.05. The highest BCUT2D eigenvalue weighted by Crippen LogP contribution is 2.25. The number of nitrogens with one attached hydrogen (secondary N) is 2. The van der Waals surface area contributed by atoms with Crippen LogP contribution in [-0.2, 0) is 16.1 Å². The number of urea groups is 1. The van der Waals surface area contributed by atoms with Gasteiger partial charge in [0.15, 0.2) is 0 Å². The molecule has 0 unspecified atom stereocenters. The Hall–Kier alpha value is -4.14. The number of carbonyl (C=O) groups excluding carboxylic acids is 3. The number of barbiturate groups is 1. The first-order valence-corrected chi connectivity index (χ1v) is 8.20. The maximum atomic E-state index is 12.0. The summed E-state index contributed by atoms with van der Waals surface area (Å²) >= 11 is 0. The van der Waals surface area contributed by atoms with Gasteiger partial charge in [0.25, 0.3) is 11.8 Å². The first kappa shape index (κ1) is 17.3. The number of aromatic carboxylic acids is 1. The highest BCUT2D eigenvalue weighted by Gasteiger charge is 2.28. The van der Waals surface area contributed by atoms with E-state index in [4.69, 9.17) is 9.52 Å². The van der Waals surface area contributed by atoms with Gasteiger partial charge in [-0.15, -0.1) is 0 Å². The molecule has 1 aromatic carbocycles. The second-order valence-corrected chi connectivity index (χ2v) is 6.10. The van der Waals surface area contributed by atoms with Crippen molar-refractivity contribution < 1.29 is 28.7 Å². The van der Waals surface area contributed by atoms with E-state index in [1.165, 1.54) is 12.1 Å². The van der Waals surface area contributed by atoms with Crippen molar-refractivity contribution >= 4 is 40.8 Å². The van der Waals surface area contributed by atoms with Crippen LogP contribution in [0.2, 0.25) is 0 Å². The minimum Gasteiger partial charge on any atom is -0.475 e. The summed E-state index contributed by atoms with van der Waals surface area (Å²) in [4.78, 5) is 46.1. The molecule has 0 bridgehead atoms. The molecular weight excluding hydrogens is 366 g/mol. The number of hydrogen-bond donors (Lipinski definition) is 3. The van der Waals surface area contributed by atoms with Gasteiger partial charge in [0, 0.05) is 22.7 Å². The van der Waals surface area contributed by atoms with E-state index in [0.717, 1.165) is 10.9 Å². The highest BCUT2D eigenvalue weighted by molar-refractivity contribution is 6.31. The molecule has 0 atom stereocenters. The van der Waals surface area contributed by atoms with Crippen LogP contribution in [0.25, 0.3) is 17.0 Å². The Morgan fingerprint density at radius 2 is 1.79 bits per heavy atom. The molecule has 3 heterocycles. The van der Waals surface area contributed by atoms with Crippen LogP contribution >= 0.6 is 0 Å². The summed E-state index contributed by atoms with van der Waals surface area (Å²) in [6.07, 6.45) is 3.12. The Morgan fingerprint density at radius 3 is 2.46 bits per heavy atom. The average Bonchev–Trinajstić information content (AvgIpc) is 3.24. The number of rotatable bonds is 4. The number of para-hydroxylation sites is 1. The van der Waals surface area contributed by atoms with Crippen LogP contribution in [0, 0.1) is 0 Å². The standard InChI is InChI=1S/C19H13N3O6/c23-16-13(17(24)21-19(27)20-16)7-10-8-22(14-4-2-1-3-12(10)14)9-11-5-6-15(28-11)18(25)26/h1-8H,9H2,(H,25,26)(H2,20,21,23,24,27). The molecule has 3 aromatic rings. The van der Waals surface area contributed by atoms with E-state index in [9.17, 15) is 19.2 Å². The lowest BCUT2D eigenvalue weighted by atomic mass is 10.1. The van der Waals surface area contributed by atoms with Crippen molar-refractivity contribution in [2.45, 2.75) is 6.54 Å². The Kier molecular flexibility index (Phi) is 4.04. The second-order valence-electron chi connectivity index (χ2n) is 6.10. The highest BCUT2D eigenvalue weighted by atomic mass is 16.4. The third-order valence-corrected chi connectivity index (χ3v) is 4.26. The molecule has 9 heteroatoms. The lowest BCUT2D eigenvalue weighted by Gasteiger charge is -2.13. The normalized spacial score (nSPS) is 14.1. The van der Waals surface area contributed by atoms with Crippen LogP contribution in [0.3, 0.4) is 0 Å². The van der Waals surface area contributed by atoms with Crippen molar-refractivity contribution in [2.75, 3.05) is 0 Å². The number of imide groups is 2. The zero-order valence-electron chi connectivity index (χ0n) is 14.3. The van der Waals surface area contributed by atoms with Crippen molar-refractivity contribution in [1.82, 2.24) is 15.2 Å². The first-order valence-electron chi connectivity index (χ1n) is 8.20. The molecule has 0 aliphatic carbocycles. The SMILES string of the molecule is O=C1NC(=O)C(=Cc2cn(Cc3ccc(C(=O)O)o3)c3ccccc23)C(=O)N1. The van der Waals surface area contributed by atoms with Gasteiger partial charge in [0.1, 0.15) is 11.3 Å². The molecule has 0 spiro atoms. The molecule has 2 aromatic heterocycles. The molecule has 9 nitrogen and oxygen atoms in total. The summed E-state index contributed by atoms with van der Waals surface area (Å²) in [6.45, 7) is 0.258. The molecule has 4 amide bonds.